The molecule has 1 N–H and O–H groups in total. The molecule has 0 unspecified atom stereocenters. The van der Waals surface area contributed by atoms with Crippen molar-refractivity contribution in [3.63, 3.8) is 0 Å². The van der Waals surface area contributed by atoms with E-state index in [1.807, 2.05) is 19.1 Å². The van der Waals surface area contributed by atoms with Crippen LogP contribution in [0.15, 0.2) is 48.5 Å². The van der Waals surface area contributed by atoms with Crippen molar-refractivity contribution >= 4 is 27.5 Å². The van der Waals surface area contributed by atoms with Crippen LogP contribution in [0.2, 0.25) is 0 Å². The van der Waals surface area contributed by atoms with Crippen molar-refractivity contribution in [2.45, 2.75) is 59.0 Å². The zero-order chi connectivity index (χ0) is 26.4. The number of hydrogen-bond acceptors (Lipinski definition) is 4. The summed E-state index contributed by atoms with van der Waals surface area (Å²) in [4.78, 5) is 27.5. The van der Waals surface area contributed by atoms with Gasteiger partial charge in [-0.25, -0.2) is 12.8 Å². The van der Waals surface area contributed by atoms with E-state index in [2.05, 4.69) is 26.1 Å². The summed E-state index contributed by atoms with van der Waals surface area (Å²) in [5.41, 5.74) is 1.89. The molecule has 0 heterocycles. The Hall–Kier alpha value is -2.94. The monoisotopic (exact) mass is 505 g/mol. The molecule has 0 aliphatic carbocycles. The summed E-state index contributed by atoms with van der Waals surface area (Å²) in [5.74, 6) is -1.30. The second kappa shape index (κ2) is 11.7. The Morgan fingerprint density at radius 3 is 2.09 bits per heavy atom. The number of hydrogen-bond donors (Lipinski definition) is 1. The zero-order valence-corrected chi connectivity index (χ0v) is 22.2. The molecule has 35 heavy (non-hydrogen) atoms. The quantitative estimate of drug-likeness (QED) is 0.532. The van der Waals surface area contributed by atoms with E-state index in [-0.39, 0.29) is 17.9 Å². The van der Waals surface area contributed by atoms with Gasteiger partial charge in [-0.05, 0) is 54.2 Å². The molecule has 7 nitrogen and oxygen atoms in total. The van der Waals surface area contributed by atoms with Gasteiger partial charge in [0.25, 0.3) is 0 Å². The Bertz CT molecular complexity index is 1110. The van der Waals surface area contributed by atoms with Crippen LogP contribution in [0.4, 0.5) is 10.1 Å². The molecule has 192 valence electrons. The Kier molecular flexibility index (Phi) is 9.43. The average Bonchev–Trinajstić information content (AvgIpc) is 2.78. The molecule has 2 aromatic rings. The fourth-order valence-electron chi connectivity index (χ4n) is 3.51. The molecule has 0 spiro atoms. The number of nitrogens with one attached hydrogen (secondary N) is 1. The molecule has 2 rings (SSSR count). The fourth-order valence-corrected chi connectivity index (χ4v) is 4.36. The van der Waals surface area contributed by atoms with Crippen LogP contribution in [0, 0.1) is 5.82 Å². The Morgan fingerprint density at radius 2 is 1.60 bits per heavy atom. The molecule has 2 amide bonds. The molecule has 0 saturated heterocycles. The van der Waals surface area contributed by atoms with Crippen molar-refractivity contribution in [2.24, 2.45) is 0 Å². The second-order valence-electron chi connectivity index (χ2n) is 9.68. The highest BCUT2D eigenvalue weighted by molar-refractivity contribution is 7.92. The first-order valence-electron chi connectivity index (χ1n) is 11.6. The van der Waals surface area contributed by atoms with Gasteiger partial charge in [0, 0.05) is 13.1 Å². The minimum atomic E-state index is -3.80. The van der Waals surface area contributed by atoms with Crippen molar-refractivity contribution in [1.82, 2.24) is 10.2 Å². The molecule has 0 fully saturated rings. The highest BCUT2D eigenvalue weighted by atomic mass is 32.2. The van der Waals surface area contributed by atoms with Gasteiger partial charge in [0.1, 0.15) is 18.4 Å². The van der Waals surface area contributed by atoms with Crippen LogP contribution in [-0.2, 0) is 31.6 Å². The maximum Gasteiger partial charge on any atom is 0.244 e. The first-order chi connectivity index (χ1) is 16.2. The minimum Gasteiger partial charge on any atom is -0.354 e. The molecular formula is C26H36FN3O4S. The van der Waals surface area contributed by atoms with Gasteiger partial charge in [-0.2, -0.15) is 0 Å². The van der Waals surface area contributed by atoms with E-state index < -0.39 is 34.3 Å². The van der Waals surface area contributed by atoms with Gasteiger partial charge in [0.2, 0.25) is 21.8 Å². The summed E-state index contributed by atoms with van der Waals surface area (Å²) < 4.78 is 39.7. The number of halogens is 1. The molecule has 1 atom stereocenters. The third-order valence-corrected chi connectivity index (χ3v) is 6.82. The van der Waals surface area contributed by atoms with Crippen molar-refractivity contribution in [1.29, 1.82) is 0 Å². The number of sulfonamides is 1. The van der Waals surface area contributed by atoms with Crippen LogP contribution in [0.5, 0.6) is 0 Å². The normalized spacial score (nSPS) is 12.7. The summed E-state index contributed by atoms with van der Waals surface area (Å²) >= 11 is 0. The lowest BCUT2D eigenvalue weighted by atomic mass is 9.87. The van der Waals surface area contributed by atoms with E-state index in [0.717, 1.165) is 22.5 Å². The van der Waals surface area contributed by atoms with E-state index in [9.17, 15) is 22.4 Å². The first kappa shape index (κ1) is 28.3. The van der Waals surface area contributed by atoms with Crippen LogP contribution >= 0.6 is 0 Å². The smallest absolute Gasteiger partial charge is 0.244 e. The summed E-state index contributed by atoms with van der Waals surface area (Å²) in [5, 5.41) is 2.77. The molecule has 0 aliphatic rings. The predicted octanol–water partition coefficient (Wildman–Crippen LogP) is 3.83. The molecule has 0 bridgehead atoms. The summed E-state index contributed by atoms with van der Waals surface area (Å²) in [7, 11) is -3.80. The highest BCUT2D eigenvalue weighted by Crippen LogP contribution is 2.26. The van der Waals surface area contributed by atoms with Crippen molar-refractivity contribution < 1.29 is 22.4 Å². The molecule has 0 radical (unpaired) electrons. The maximum atomic E-state index is 13.5. The number of benzene rings is 2. The van der Waals surface area contributed by atoms with Crippen molar-refractivity contribution in [3.05, 3.63) is 65.5 Å². The van der Waals surface area contributed by atoms with Crippen molar-refractivity contribution in [2.75, 3.05) is 23.7 Å². The summed E-state index contributed by atoms with van der Waals surface area (Å²) in [6.45, 7) is 9.68. The molecule has 0 saturated carbocycles. The molecular weight excluding hydrogens is 469 g/mol. The number of amides is 2. The van der Waals surface area contributed by atoms with E-state index >= 15 is 0 Å². The Balaban J connectivity index is 2.37. The molecule has 0 aliphatic heterocycles. The number of anilines is 1. The SMILES string of the molecule is CCCNC(=O)[C@@H](C)N(Cc1ccc(F)cc1)C(=O)CN(c1ccc(C(C)(C)C)cc1)S(C)(=O)=O. The Morgan fingerprint density at radius 1 is 1.03 bits per heavy atom. The highest BCUT2D eigenvalue weighted by Gasteiger charge is 2.30. The van der Waals surface area contributed by atoms with E-state index in [0.29, 0.717) is 17.8 Å². The van der Waals surface area contributed by atoms with Gasteiger partial charge in [0.15, 0.2) is 0 Å². The number of rotatable bonds is 10. The lowest BCUT2D eigenvalue weighted by Gasteiger charge is -2.31. The topological polar surface area (TPSA) is 86.8 Å². The molecule has 0 aromatic heterocycles. The first-order valence-corrected chi connectivity index (χ1v) is 13.5. The van der Waals surface area contributed by atoms with Gasteiger partial charge >= 0.3 is 0 Å². The molecule has 2 aromatic carbocycles. The zero-order valence-electron chi connectivity index (χ0n) is 21.3. The van der Waals surface area contributed by atoms with Crippen LogP contribution < -0.4 is 9.62 Å². The third-order valence-electron chi connectivity index (χ3n) is 5.68. The lowest BCUT2D eigenvalue weighted by molar-refractivity contribution is -0.139. The predicted molar refractivity (Wildman–Crippen MR) is 137 cm³/mol. The lowest BCUT2D eigenvalue weighted by Crippen LogP contribution is -2.51. The standard InChI is InChI=1S/C26H36FN3O4S/c1-7-16-28-25(32)19(2)29(17-20-8-12-22(27)13-9-20)24(31)18-30(35(6,33)34)23-14-10-21(11-15-23)26(3,4)5/h8-15,19H,7,16-18H2,1-6H3,(H,28,32)/t19-/m1/s1. The van der Waals surface area contributed by atoms with E-state index in [1.165, 1.54) is 29.2 Å². The number of carbonyl (C=O) groups excluding carboxylic acids is 2. The Labute approximate surface area is 208 Å². The fraction of sp³-hybridized carbons (Fsp3) is 0.462. The second-order valence-corrected chi connectivity index (χ2v) is 11.6. The summed E-state index contributed by atoms with van der Waals surface area (Å²) in [6, 6.07) is 11.8. The van der Waals surface area contributed by atoms with Crippen molar-refractivity contribution in [3.8, 4) is 0 Å². The molecule has 9 heteroatoms. The van der Waals surface area contributed by atoms with Gasteiger partial charge in [-0.3, -0.25) is 13.9 Å². The number of nitrogens with zero attached hydrogens (tertiary/aromatic N) is 2. The summed E-state index contributed by atoms with van der Waals surface area (Å²) in [6.07, 6.45) is 1.77. The van der Waals surface area contributed by atoms with Crippen LogP contribution in [-0.4, -0.2) is 50.5 Å². The largest absolute Gasteiger partial charge is 0.354 e. The van der Waals surface area contributed by atoms with E-state index in [4.69, 9.17) is 0 Å². The van der Waals surface area contributed by atoms with E-state index in [1.54, 1.807) is 19.1 Å². The number of carbonyl (C=O) groups is 2. The maximum absolute atomic E-state index is 13.5. The van der Waals surface area contributed by atoms with Gasteiger partial charge in [-0.15, -0.1) is 0 Å². The average molecular weight is 506 g/mol. The van der Waals surface area contributed by atoms with Crippen LogP contribution in [0.3, 0.4) is 0 Å². The minimum absolute atomic E-state index is 0.0282. The van der Waals surface area contributed by atoms with Gasteiger partial charge < -0.3 is 10.2 Å². The van der Waals surface area contributed by atoms with Crippen LogP contribution in [0.1, 0.15) is 52.2 Å². The van der Waals surface area contributed by atoms with Gasteiger partial charge in [0.05, 0.1) is 11.9 Å². The van der Waals surface area contributed by atoms with Crippen LogP contribution in [0.25, 0.3) is 0 Å². The van der Waals surface area contributed by atoms with Gasteiger partial charge in [-0.1, -0.05) is 52.0 Å². The third kappa shape index (κ3) is 8.06.